The van der Waals surface area contributed by atoms with Crippen LogP contribution in [0, 0.1) is 5.92 Å². The van der Waals surface area contributed by atoms with Crippen LogP contribution >= 0.6 is 0 Å². The van der Waals surface area contributed by atoms with Gasteiger partial charge < -0.3 is 19.9 Å². The first-order chi connectivity index (χ1) is 15.3. The summed E-state index contributed by atoms with van der Waals surface area (Å²) in [6.07, 6.45) is 0.385. The average Bonchev–Trinajstić information content (AvgIpc) is 2.78. The summed E-state index contributed by atoms with van der Waals surface area (Å²) in [5.41, 5.74) is 0.323. The molecule has 6 nitrogen and oxygen atoms in total. The summed E-state index contributed by atoms with van der Waals surface area (Å²) < 4.78 is 50.6. The lowest BCUT2D eigenvalue weighted by molar-refractivity contribution is -0.165. The molecule has 2 aromatic rings. The van der Waals surface area contributed by atoms with Crippen LogP contribution < -0.4 is 5.32 Å². The quantitative estimate of drug-likeness (QED) is 0.620. The van der Waals surface area contributed by atoms with Gasteiger partial charge in [-0.3, -0.25) is 9.78 Å². The number of ether oxygens (including phenoxy) is 2. The highest BCUT2D eigenvalue weighted by Gasteiger charge is 2.38. The predicted molar refractivity (Wildman–Crippen MR) is 111 cm³/mol. The Bertz CT molecular complexity index is 917. The molecule has 0 bridgehead atoms. The van der Waals surface area contributed by atoms with E-state index in [1.807, 2.05) is 0 Å². The highest BCUT2D eigenvalue weighted by Crippen LogP contribution is 2.40. The van der Waals surface area contributed by atoms with Gasteiger partial charge in [-0.05, 0) is 55.7 Å². The Morgan fingerprint density at radius 1 is 1.25 bits per heavy atom. The molecule has 3 atom stereocenters. The molecule has 172 valence electrons. The minimum Gasteiger partial charge on any atom is -0.459 e. The highest BCUT2D eigenvalue weighted by atomic mass is 19.4. The first-order valence-electron chi connectivity index (χ1n) is 10.3. The van der Waals surface area contributed by atoms with E-state index in [1.54, 1.807) is 31.3 Å². The van der Waals surface area contributed by atoms with E-state index >= 15 is 0 Å². The van der Waals surface area contributed by atoms with Crippen molar-refractivity contribution in [2.24, 2.45) is 5.92 Å². The molecular weight excluding hydrogens is 425 g/mol. The van der Waals surface area contributed by atoms with Gasteiger partial charge in [-0.2, -0.15) is 13.2 Å². The van der Waals surface area contributed by atoms with Gasteiger partial charge in [0.05, 0.1) is 17.4 Å². The number of benzene rings is 1. The zero-order valence-corrected chi connectivity index (χ0v) is 17.5. The van der Waals surface area contributed by atoms with Crippen molar-refractivity contribution >= 4 is 11.6 Å². The SMILES string of the molecule is CCO[C@H]1OC(C(=O)Nc2cccnc2)=C[C@@H](c2ccc(C(F)(F)F)cc2)[C@@H]1CCCO. The number of carbonyl (C=O) groups is 1. The second-order valence-electron chi connectivity index (χ2n) is 7.34. The Hall–Kier alpha value is -2.91. The second kappa shape index (κ2) is 10.6. The molecule has 1 aliphatic rings. The van der Waals surface area contributed by atoms with Crippen molar-refractivity contribution in [2.45, 2.75) is 38.1 Å². The molecule has 1 amide bonds. The highest BCUT2D eigenvalue weighted by molar-refractivity contribution is 6.02. The Morgan fingerprint density at radius 2 is 2.00 bits per heavy atom. The molecular formula is C23H25F3N2O4. The van der Waals surface area contributed by atoms with E-state index in [2.05, 4.69) is 10.3 Å². The number of nitrogens with one attached hydrogen (secondary N) is 1. The van der Waals surface area contributed by atoms with E-state index in [0.717, 1.165) is 12.1 Å². The number of pyridine rings is 1. The number of allylic oxidation sites excluding steroid dienone is 1. The van der Waals surface area contributed by atoms with Gasteiger partial charge >= 0.3 is 6.18 Å². The summed E-state index contributed by atoms with van der Waals surface area (Å²) in [6.45, 7) is 2.05. The number of anilines is 1. The lowest BCUT2D eigenvalue weighted by Gasteiger charge is -2.37. The molecule has 32 heavy (non-hydrogen) atoms. The third kappa shape index (κ3) is 5.86. The van der Waals surface area contributed by atoms with Crippen molar-refractivity contribution in [3.8, 4) is 0 Å². The summed E-state index contributed by atoms with van der Waals surface area (Å²) in [7, 11) is 0. The van der Waals surface area contributed by atoms with Crippen LogP contribution in [-0.2, 0) is 20.4 Å². The van der Waals surface area contributed by atoms with Crippen LogP contribution in [0.1, 0.15) is 36.8 Å². The number of halogens is 3. The van der Waals surface area contributed by atoms with Gasteiger partial charge in [0, 0.05) is 31.2 Å². The van der Waals surface area contributed by atoms with E-state index in [1.165, 1.54) is 18.3 Å². The Labute approximate surface area is 184 Å². The smallest absolute Gasteiger partial charge is 0.416 e. The van der Waals surface area contributed by atoms with Crippen molar-refractivity contribution in [1.29, 1.82) is 0 Å². The molecule has 1 aromatic heterocycles. The van der Waals surface area contributed by atoms with Crippen molar-refractivity contribution in [3.63, 3.8) is 0 Å². The monoisotopic (exact) mass is 450 g/mol. The number of amides is 1. The van der Waals surface area contributed by atoms with Crippen molar-refractivity contribution in [2.75, 3.05) is 18.5 Å². The number of hydrogen-bond donors (Lipinski definition) is 2. The Morgan fingerprint density at radius 3 is 2.59 bits per heavy atom. The van der Waals surface area contributed by atoms with Gasteiger partial charge in [0.25, 0.3) is 5.91 Å². The summed E-state index contributed by atoms with van der Waals surface area (Å²) >= 11 is 0. The maximum Gasteiger partial charge on any atom is 0.416 e. The largest absolute Gasteiger partial charge is 0.459 e. The molecule has 9 heteroatoms. The topological polar surface area (TPSA) is 80.7 Å². The molecule has 0 aliphatic carbocycles. The maximum absolute atomic E-state index is 13.0. The van der Waals surface area contributed by atoms with Gasteiger partial charge in [0.1, 0.15) is 0 Å². The third-order valence-electron chi connectivity index (χ3n) is 5.18. The molecule has 0 radical (unpaired) electrons. The summed E-state index contributed by atoms with van der Waals surface area (Å²) in [4.78, 5) is 16.8. The van der Waals surface area contributed by atoms with Gasteiger partial charge in [-0.1, -0.05) is 12.1 Å². The Kier molecular flexibility index (Phi) is 7.87. The number of nitrogens with zero attached hydrogens (tertiary/aromatic N) is 1. The van der Waals surface area contributed by atoms with Crippen LogP contribution in [0.5, 0.6) is 0 Å². The van der Waals surface area contributed by atoms with E-state index < -0.39 is 29.9 Å². The van der Waals surface area contributed by atoms with E-state index in [4.69, 9.17) is 9.47 Å². The summed E-state index contributed by atoms with van der Waals surface area (Å²) in [5, 5.41) is 12.0. The second-order valence-corrected chi connectivity index (χ2v) is 7.34. The zero-order valence-electron chi connectivity index (χ0n) is 17.5. The fraction of sp³-hybridized carbons (Fsp3) is 0.391. The number of carbonyl (C=O) groups excluding carboxylic acids is 1. The summed E-state index contributed by atoms with van der Waals surface area (Å²) in [5.74, 6) is -1.24. The lowest BCUT2D eigenvalue weighted by Crippen LogP contribution is -2.37. The van der Waals surface area contributed by atoms with Crippen LogP contribution in [0.3, 0.4) is 0 Å². The molecule has 0 unspecified atom stereocenters. The number of aliphatic hydroxyl groups is 1. The number of alkyl halides is 3. The molecule has 0 fully saturated rings. The predicted octanol–water partition coefficient (Wildman–Crippen LogP) is 4.49. The van der Waals surface area contributed by atoms with E-state index in [-0.39, 0.29) is 18.3 Å². The van der Waals surface area contributed by atoms with Crippen molar-refractivity contribution < 1.29 is 32.5 Å². The van der Waals surface area contributed by atoms with Crippen LogP contribution in [0.2, 0.25) is 0 Å². The van der Waals surface area contributed by atoms with Gasteiger partial charge in [0.2, 0.25) is 6.29 Å². The van der Waals surface area contributed by atoms with E-state index in [0.29, 0.717) is 30.7 Å². The van der Waals surface area contributed by atoms with E-state index in [9.17, 15) is 23.1 Å². The summed E-state index contributed by atoms with van der Waals surface area (Å²) in [6, 6.07) is 8.19. The Balaban J connectivity index is 1.95. The fourth-order valence-corrected chi connectivity index (χ4v) is 3.67. The molecule has 0 saturated carbocycles. The average molecular weight is 450 g/mol. The van der Waals surface area contributed by atoms with Gasteiger partial charge in [-0.15, -0.1) is 0 Å². The molecule has 3 rings (SSSR count). The minimum atomic E-state index is -4.44. The van der Waals surface area contributed by atoms with Crippen molar-refractivity contribution in [1.82, 2.24) is 4.98 Å². The zero-order chi connectivity index (χ0) is 23.1. The molecule has 1 aromatic carbocycles. The molecule has 0 saturated heterocycles. The number of hydrogen-bond acceptors (Lipinski definition) is 5. The van der Waals surface area contributed by atoms with Gasteiger partial charge in [0.15, 0.2) is 5.76 Å². The number of aromatic nitrogens is 1. The fourth-order valence-electron chi connectivity index (χ4n) is 3.67. The molecule has 1 aliphatic heterocycles. The first-order valence-corrected chi connectivity index (χ1v) is 10.3. The normalized spacial score (nSPS) is 20.9. The molecule has 0 spiro atoms. The van der Waals surface area contributed by atoms with Crippen LogP contribution in [0.15, 0.2) is 60.6 Å². The van der Waals surface area contributed by atoms with Crippen LogP contribution in [0.4, 0.5) is 18.9 Å². The maximum atomic E-state index is 13.0. The lowest BCUT2D eigenvalue weighted by atomic mass is 9.80. The van der Waals surface area contributed by atoms with Gasteiger partial charge in [-0.25, -0.2) is 0 Å². The minimum absolute atomic E-state index is 0.0115. The number of aliphatic hydroxyl groups excluding tert-OH is 1. The van der Waals surface area contributed by atoms with Crippen LogP contribution in [-0.4, -0.2) is 35.5 Å². The van der Waals surface area contributed by atoms with Crippen LogP contribution in [0.25, 0.3) is 0 Å². The number of rotatable bonds is 8. The standard InChI is InChI=1S/C23H25F3N2O4/c1-2-31-22-18(6-4-12-29)19(15-7-9-16(10-8-15)23(24,25)26)13-20(32-22)21(30)28-17-5-3-11-27-14-17/h3,5,7-11,13-14,18-19,22,29H,2,4,6,12H2,1H3,(H,28,30)/t18-,19-,22-/m0/s1. The molecule has 2 N–H and O–H groups in total. The van der Waals surface area contributed by atoms with Crippen molar-refractivity contribution in [3.05, 3.63) is 71.8 Å². The molecule has 2 heterocycles. The first kappa shape index (κ1) is 23.7. The third-order valence-corrected chi connectivity index (χ3v) is 5.18.